The van der Waals surface area contributed by atoms with Crippen molar-refractivity contribution in [3.63, 3.8) is 0 Å². The number of rotatable bonds is 9. The molecule has 11 nitrogen and oxygen atoms in total. The van der Waals surface area contributed by atoms with Crippen LogP contribution in [0.15, 0.2) is 48.0 Å². The van der Waals surface area contributed by atoms with E-state index in [1.165, 1.54) is 18.4 Å². The van der Waals surface area contributed by atoms with Gasteiger partial charge in [0.2, 0.25) is 0 Å². The molecule has 2 aromatic heterocycles. The number of amides is 1. The highest BCUT2D eigenvalue weighted by atomic mass is 32.1. The van der Waals surface area contributed by atoms with Crippen LogP contribution in [0.25, 0.3) is 26.9 Å². The first-order valence-corrected chi connectivity index (χ1v) is 18.2. The molecule has 0 radical (unpaired) electrons. The number of piperazine rings is 1. The fourth-order valence-electron chi connectivity index (χ4n) is 6.17. The third-order valence-corrected chi connectivity index (χ3v) is 10.6. The normalized spacial score (nSPS) is 16.4. The number of aliphatic hydroxyl groups is 1. The van der Waals surface area contributed by atoms with E-state index in [9.17, 15) is 14.7 Å². The zero-order valence-electron chi connectivity index (χ0n) is 28.6. The Bertz CT molecular complexity index is 1830. The molecule has 1 unspecified atom stereocenters. The van der Waals surface area contributed by atoms with Crippen molar-refractivity contribution in [1.29, 1.82) is 0 Å². The van der Waals surface area contributed by atoms with Crippen molar-refractivity contribution in [2.24, 2.45) is 0 Å². The SMILES string of the molecule is COC(=O)c1cc(-c2ccc(N3CCN(C(=O)OC(C)(C)C)CC3)cc2OC)c2nc(C3=CCCN(C(O)CCc4nccs4)C3)sc2c1. The number of hydrogen-bond donors (Lipinski definition) is 1. The van der Waals surface area contributed by atoms with Crippen molar-refractivity contribution < 1.29 is 28.9 Å². The summed E-state index contributed by atoms with van der Waals surface area (Å²) < 4.78 is 17.5. The van der Waals surface area contributed by atoms with E-state index >= 15 is 0 Å². The lowest BCUT2D eigenvalue weighted by molar-refractivity contribution is 0.00609. The predicted molar refractivity (Wildman–Crippen MR) is 194 cm³/mol. The quantitative estimate of drug-likeness (QED) is 0.199. The number of thiazole rings is 2. The van der Waals surface area contributed by atoms with Gasteiger partial charge in [-0.15, -0.1) is 22.7 Å². The smallest absolute Gasteiger partial charge is 0.410 e. The highest BCUT2D eigenvalue weighted by Crippen LogP contribution is 2.41. The number of nitrogens with zero attached hydrogens (tertiary/aromatic N) is 5. The van der Waals surface area contributed by atoms with Crippen molar-refractivity contribution >= 4 is 56.2 Å². The van der Waals surface area contributed by atoms with Gasteiger partial charge in [0.15, 0.2) is 0 Å². The first-order chi connectivity index (χ1) is 23.5. The molecule has 1 fully saturated rings. The Morgan fingerprint density at radius 3 is 2.53 bits per heavy atom. The number of carbonyl (C=O) groups excluding carboxylic acids is 2. The average Bonchev–Trinajstić information content (AvgIpc) is 3.79. The molecule has 0 bridgehead atoms. The van der Waals surface area contributed by atoms with Gasteiger partial charge in [0.05, 0.1) is 35.0 Å². The molecule has 2 aliphatic rings. The molecule has 4 aromatic rings. The highest BCUT2D eigenvalue weighted by Gasteiger charge is 2.28. The summed E-state index contributed by atoms with van der Waals surface area (Å²) in [7, 11) is 3.02. The number of benzene rings is 2. The maximum Gasteiger partial charge on any atom is 0.410 e. The molecule has 0 saturated carbocycles. The Balaban J connectivity index is 1.25. The van der Waals surface area contributed by atoms with Crippen LogP contribution in [0.5, 0.6) is 5.75 Å². The Hall–Kier alpha value is -4.04. The maximum atomic E-state index is 12.8. The minimum Gasteiger partial charge on any atom is -0.496 e. The van der Waals surface area contributed by atoms with Crippen molar-refractivity contribution in [1.82, 2.24) is 19.8 Å². The molecular weight excluding hydrogens is 663 g/mol. The van der Waals surface area contributed by atoms with E-state index in [4.69, 9.17) is 19.2 Å². The van der Waals surface area contributed by atoms with Gasteiger partial charge < -0.3 is 29.1 Å². The molecule has 1 amide bonds. The predicted octanol–water partition coefficient (Wildman–Crippen LogP) is 6.31. The van der Waals surface area contributed by atoms with Gasteiger partial charge in [-0.1, -0.05) is 6.08 Å². The maximum absolute atomic E-state index is 12.8. The second-order valence-corrected chi connectivity index (χ2v) is 15.2. The van der Waals surface area contributed by atoms with Gasteiger partial charge in [0.25, 0.3) is 0 Å². The van der Waals surface area contributed by atoms with E-state index in [-0.39, 0.29) is 6.09 Å². The molecule has 260 valence electrons. The van der Waals surface area contributed by atoms with Crippen LogP contribution in [-0.4, -0.2) is 102 Å². The molecule has 0 spiro atoms. The number of ether oxygens (including phenoxy) is 3. The number of fused-ring (bicyclic) bond motifs is 1. The summed E-state index contributed by atoms with van der Waals surface area (Å²) in [6.45, 7) is 9.39. The molecule has 4 heterocycles. The lowest BCUT2D eigenvalue weighted by Gasteiger charge is -2.37. The minimum atomic E-state index is -0.577. The van der Waals surface area contributed by atoms with Gasteiger partial charge >= 0.3 is 12.1 Å². The van der Waals surface area contributed by atoms with E-state index in [2.05, 4.69) is 20.9 Å². The lowest BCUT2D eigenvalue weighted by Crippen LogP contribution is -2.50. The van der Waals surface area contributed by atoms with Gasteiger partial charge in [-0.05, 0) is 63.5 Å². The molecule has 1 saturated heterocycles. The summed E-state index contributed by atoms with van der Waals surface area (Å²) >= 11 is 3.14. The summed E-state index contributed by atoms with van der Waals surface area (Å²) in [5.41, 5.74) is 4.28. The number of hydrogen-bond acceptors (Lipinski definition) is 12. The van der Waals surface area contributed by atoms with E-state index in [1.807, 2.05) is 56.5 Å². The van der Waals surface area contributed by atoms with Crippen LogP contribution in [0.1, 0.15) is 54.0 Å². The van der Waals surface area contributed by atoms with Crippen LogP contribution in [0.4, 0.5) is 10.5 Å². The molecule has 6 rings (SSSR count). The zero-order chi connectivity index (χ0) is 34.7. The fourth-order valence-corrected chi connectivity index (χ4v) is 7.87. The number of esters is 1. The van der Waals surface area contributed by atoms with Gasteiger partial charge in [-0.2, -0.15) is 0 Å². The molecule has 0 aliphatic carbocycles. The summed E-state index contributed by atoms with van der Waals surface area (Å²) in [5.74, 6) is 0.222. The molecule has 2 aromatic carbocycles. The molecule has 49 heavy (non-hydrogen) atoms. The third-order valence-electron chi connectivity index (χ3n) is 8.66. The average molecular weight is 706 g/mol. The van der Waals surface area contributed by atoms with Crippen LogP contribution < -0.4 is 9.64 Å². The second-order valence-electron chi connectivity index (χ2n) is 13.2. The molecule has 1 N–H and O–H groups in total. The highest BCUT2D eigenvalue weighted by molar-refractivity contribution is 7.19. The molecule has 1 atom stereocenters. The Kier molecular flexibility index (Phi) is 10.5. The van der Waals surface area contributed by atoms with Crippen LogP contribution >= 0.6 is 22.7 Å². The standard InChI is InChI=1S/C36H43N5O6S2/c1-36(2,3)47-35(44)40-16-14-39(15-17-40)25-8-9-26(28(21-25)45-4)27-19-24(34(43)46-5)20-29-32(27)38-33(49-29)23-7-6-13-41(22-23)31(42)11-10-30-37-12-18-48-30/h7-9,12,18-21,31,42H,6,10-11,13-17,22H2,1-5H3. The number of aliphatic hydroxyl groups excluding tert-OH is 1. The first-order valence-electron chi connectivity index (χ1n) is 16.5. The number of aryl methyl sites for hydroxylation is 1. The molecule has 2 aliphatic heterocycles. The molecule has 13 heteroatoms. The summed E-state index contributed by atoms with van der Waals surface area (Å²) in [6.07, 6.45) is 5.27. The van der Waals surface area contributed by atoms with Crippen LogP contribution in [0, 0.1) is 0 Å². The van der Waals surface area contributed by atoms with Crippen molar-refractivity contribution in [3.05, 3.63) is 63.6 Å². The molecular formula is C36H43N5O6S2. The van der Waals surface area contributed by atoms with E-state index in [0.29, 0.717) is 50.5 Å². The topological polar surface area (TPSA) is 118 Å². The van der Waals surface area contributed by atoms with Crippen LogP contribution in [0.3, 0.4) is 0 Å². The monoisotopic (exact) mass is 705 g/mol. The minimum absolute atomic E-state index is 0.295. The Morgan fingerprint density at radius 2 is 1.84 bits per heavy atom. The van der Waals surface area contributed by atoms with E-state index < -0.39 is 17.8 Å². The van der Waals surface area contributed by atoms with Gasteiger partial charge in [-0.3, -0.25) is 4.90 Å². The number of aromatic nitrogens is 2. The van der Waals surface area contributed by atoms with Crippen LogP contribution in [-0.2, 0) is 15.9 Å². The van der Waals surface area contributed by atoms with E-state index in [0.717, 1.165) is 62.0 Å². The number of carbonyl (C=O) groups is 2. The van der Waals surface area contributed by atoms with Crippen LogP contribution in [0.2, 0.25) is 0 Å². The van der Waals surface area contributed by atoms with Crippen molar-refractivity contribution in [2.75, 3.05) is 58.4 Å². The second kappa shape index (κ2) is 14.8. The fraction of sp³-hybridized carbons (Fsp3) is 0.444. The number of anilines is 1. The van der Waals surface area contributed by atoms with Crippen molar-refractivity contribution in [3.8, 4) is 16.9 Å². The zero-order valence-corrected chi connectivity index (χ0v) is 30.2. The Morgan fingerprint density at radius 1 is 1.04 bits per heavy atom. The van der Waals surface area contributed by atoms with Gasteiger partial charge in [-0.25, -0.2) is 19.6 Å². The van der Waals surface area contributed by atoms with Gasteiger partial charge in [0, 0.05) is 80.1 Å². The van der Waals surface area contributed by atoms with E-state index in [1.54, 1.807) is 29.5 Å². The summed E-state index contributed by atoms with van der Waals surface area (Å²) in [4.78, 5) is 40.9. The van der Waals surface area contributed by atoms with Gasteiger partial charge in [0.1, 0.15) is 22.6 Å². The van der Waals surface area contributed by atoms with Crippen molar-refractivity contribution in [2.45, 2.75) is 51.9 Å². The Labute approximate surface area is 294 Å². The first kappa shape index (κ1) is 34.8. The third kappa shape index (κ3) is 8.07. The summed E-state index contributed by atoms with van der Waals surface area (Å²) in [6, 6.07) is 9.69. The lowest BCUT2D eigenvalue weighted by atomic mass is 9.99. The largest absolute Gasteiger partial charge is 0.496 e. The summed E-state index contributed by atoms with van der Waals surface area (Å²) in [5, 5.41) is 14.8. The number of methoxy groups -OCH3 is 2.